The monoisotopic (exact) mass is 289 g/mol. The van der Waals surface area contributed by atoms with Crippen molar-refractivity contribution in [2.75, 3.05) is 18.1 Å². The summed E-state index contributed by atoms with van der Waals surface area (Å²) >= 11 is 1.98. The summed E-state index contributed by atoms with van der Waals surface area (Å²) < 4.78 is 5.36. The zero-order chi connectivity index (χ0) is 13.8. The second-order valence-electron chi connectivity index (χ2n) is 5.20. The van der Waals surface area contributed by atoms with Gasteiger partial charge in [0.25, 0.3) is 0 Å². The van der Waals surface area contributed by atoms with Crippen molar-refractivity contribution in [3.63, 3.8) is 0 Å². The first-order valence-electron chi connectivity index (χ1n) is 6.98. The fourth-order valence-electron chi connectivity index (χ4n) is 2.41. The largest absolute Gasteiger partial charge is 0.339 e. The van der Waals surface area contributed by atoms with E-state index in [1.54, 1.807) is 0 Å². The van der Waals surface area contributed by atoms with E-state index in [0.29, 0.717) is 6.04 Å². The molecule has 0 amide bonds. The van der Waals surface area contributed by atoms with Crippen molar-refractivity contribution in [2.24, 2.45) is 0 Å². The van der Waals surface area contributed by atoms with Gasteiger partial charge in [-0.25, -0.2) is 0 Å². The Morgan fingerprint density at radius 1 is 1.45 bits per heavy atom. The predicted molar refractivity (Wildman–Crippen MR) is 81.1 cm³/mol. The Kier molecular flexibility index (Phi) is 4.38. The van der Waals surface area contributed by atoms with Crippen LogP contribution in [0.4, 0.5) is 0 Å². The van der Waals surface area contributed by atoms with Crippen LogP contribution in [0.2, 0.25) is 0 Å². The van der Waals surface area contributed by atoms with Crippen molar-refractivity contribution < 1.29 is 4.52 Å². The number of aromatic nitrogens is 2. The van der Waals surface area contributed by atoms with Gasteiger partial charge in [-0.15, -0.1) is 0 Å². The number of thioether (sulfide) groups is 1. The first kappa shape index (κ1) is 13.6. The SMILES string of the molecule is Cc1cccc(Cc2noc(CC3CSCCN3)n2)c1. The van der Waals surface area contributed by atoms with Crippen LogP contribution in [-0.2, 0) is 12.8 Å². The molecule has 1 unspecified atom stereocenters. The van der Waals surface area contributed by atoms with Gasteiger partial charge >= 0.3 is 0 Å². The zero-order valence-corrected chi connectivity index (χ0v) is 12.4. The lowest BCUT2D eigenvalue weighted by Gasteiger charge is -2.21. The average molecular weight is 289 g/mol. The molecule has 3 rings (SSSR count). The molecule has 20 heavy (non-hydrogen) atoms. The number of nitrogens with one attached hydrogen (secondary N) is 1. The second kappa shape index (κ2) is 6.41. The van der Waals surface area contributed by atoms with Crippen LogP contribution in [0, 0.1) is 6.92 Å². The third-order valence-electron chi connectivity index (χ3n) is 3.37. The minimum atomic E-state index is 0.459. The lowest BCUT2D eigenvalue weighted by molar-refractivity contribution is 0.359. The fourth-order valence-corrected chi connectivity index (χ4v) is 3.36. The first-order chi connectivity index (χ1) is 9.79. The van der Waals surface area contributed by atoms with Crippen molar-refractivity contribution >= 4 is 11.8 Å². The molecule has 1 aromatic heterocycles. The maximum Gasteiger partial charge on any atom is 0.228 e. The summed E-state index contributed by atoms with van der Waals surface area (Å²) in [4.78, 5) is 4.50. The lowest BCUT2D eigenvalue weighted by atomic mass is 10.1. The highest BCUT2D eigenvalue weighted by atomic mass is 32.2. The molecule has 1 aliphatic heterocycles. The topological polar surface area (TPSA) is 51.0 Å². The molecule has 4 nitrogen and oxygen atoms in total. The molecule has 1 atom stereocenters. The molecular weight excluding hydrogens is 270 g/mol. The summed E-state index contributed by atoms with van der Waals surface area (Å²) in [5.74, 6) is 3.83. The second-order valence-corrected chi connectivity index (χ2v) is 6.35. The van der Waals surface area contributed by atoms with Crippen LogP contribution in [0.15, 0.2) is 28.8 Å². The Bertz CT molecular complexity index is 564. The minimum absolute atomic E-state index is 0.459. The molecule has 2 heterocycles. The standard InChI is InChI=1S/C15H19N3OS/c1-11-3-2-4-12(7-11)8-14-17-15(19-18-14)9-13-10-20-6-5-16-13/h2-4,7,13,16H,5-6,8-10H2,1H3. The molecule has 1 aromatic carbocycles. The van der Waals surface area contributed by atoms with E-state index in [1.807, 2.05) is 11.8 Å². The van der Waals surface area contributed by atoms with Crippen LogP contribution in [0.5, 0.6) is 0 Å². The van der Waals surface area contributed by atoms with Crippen molar-refractivity contribution in [3.8, 4) is 0 Å². The van der Waals surface area contributed by atoms with Gasteiger partial charge in [0.2, 0.25) is 5.89 Å². The van der Waals surface area contributed by atoms with E-state index in [4.69, 9.17) is 4.52 Å². The van der Waals surface area contributed by atoms with Gasteiger partial charge in [-0.05, 0) is 12.5 Å². The third-order valence-corrected chi connectivity index (χ3v) is 4.51. The number of hydrogen-bond donors (Lipinski definition) is 1. The summed E-state index contributed by atoms with van der Waals surface area (Å²) in [6.07, 6.45) is 1.56. The molecule has 0 saturated carbocycles. The fraction of sp³-hybridized carbons (Fsp3) is 0.467. The minimum Gasteiger partial charge on any atom is -0.339 e. The van der Waals surface area contributed by atoms with Gasteiger partial charge < -0.3 is 9.84 Å². The van der Waals surface area contributed by atoms with Gasteiger partial charge in [0.1, 0.15) is 0 Å². The van der Waals surface area contributed by atoms with Crippen molar-refractivity contribution in [2.45, 2.75) is 25.8 Å². The highest BCUT2D eigenvalue weighted by Gasteiger charge is 2.17. The predicted octanol–water partition coefficient (Wildman–Crippen LogP) is 2.22. The third kappa shape index (κ3) is 3.61. The number of hydrogen-bond acceptors (Lipinski definition) is 5. The maximum absolute atomic E-state index is 5.36. The lowest BCUT2D eigenvalue weighted by Crippen LogP contribution is -2.38. The van der Waals surface area contributed by atoms with Crippen molar-refractivity contribution in [1.82, 2.24) is 15.5 Å². The van der Waals surface area contributed by atoms with E-state index in [0.717, 1.165) is 36.9 Å². The van der Waals surface area contributed by atoms with Gasteiger partial charge in [0.15, 0.2) is 5.82 Å². The molecule has 106 valence electrons. The molecule has 0 spiro atoms. The summed E-state index contributed by atoms with van der Waals surface area (Å²) in [5, 5.41) is 7.57. The summed E-state index contributed by atoms with van der Waals surface area (Å²) in [6.45, 7) is 3.16. The Morgan fingerprint density at radius 2 is 2.40 bits per heavy atom. The quantitative estimate of drug-likeness (QED) is 0.935. The Labute approximate surface area is 123 Å². The molecule has 0 aliphatic carbocycles. The molecule has 1 saturated heterocycles. The van der Waals surface area contributed by atoms with E-state index in [1.165, 1.54) is 16.9 Å². The number of benzene rings is 1. The molecule has 1 fully saturated rings. The number of rotatable bonds is 4. The smallest absolute Gasteiger partial charge is 0.228 e. The van der Waals surface area contributed by atoms with Crippen LogP contribution < -0.4 is 5.32 Å². The van der Waals surface area contributed by atoms with Crippen LogP contribution in [0.25, 0.3) is 0 Å². The van der Waals surface area contributed by atoms with Crippen LogP contribution in [0.3, 0.4) is 0 Å². The van der Waals surface area contributed by atoms with Gasteiger partial charge in [-0.1, -0.05) is 35.0 Å². The summed E-state index contributed by atoms with van der Waals surface area (Å²) in [5.41, 5.74) is 2.48. The zero-order valence-electron chi connectivity index (χ0n) is 11.6. The number of aryl methyl sites for hydroxylation is 1. The van der Waals surface area contributed by atoms with E-state index >= 15 is 0 Å². The molecule has 1 N–H and O–H groups in total. The van der Waals surface area contributed by atoms with E-state index in [2.05, 4.69) is 46.6 Å². The van der Waals surface area contributed by atoms with Crippen LogP contribution >= 0.6 is 11.8 Å². The molecule has 2 aromatic rings. The highest BCUT2D eigenvalue weighted by molar-refractivity contribution is 7.99. The van der Waals surface area contributed by atoms with Gasteiger partial charge in [-0.3, -0.25) is 0 Å². The van der Waals surface area contributed by atoms with Crippen molar-refractivity contribution in [3.05, 3.63) is 47.1 Å². The number of nitrogens with zero attached hydrogens (tertiary/aromatic N) is 2. The van der Waals surface area contributed by atoms with E-state index in [-0.39, 0.29) is 0 Å². The molecule has 0 bridgehead atoms. The molecule has 1 aliphatic rings. The van der Waals surface area contributed by atoms with Crippen LogP contribution in [0.1, 0.15) is 22.8 Å². The van der Waals surface area contributed by atoms with E-state index in [9.17, 15) is 0 Å². The molecule has 0 radical (unpaired) electrons. The van der Waals surface area contributed by atoms with Gasteiger partial charge in [-0.2, -0.15) is 16.7 Å². The van der Waals surface area contributed by atoms with Crippen molar-refractivity contribution in [1.29, 1.82) is 0 Å². The first-order valence-corrected chi connectivity index (χ1v) is 8.13. The Hall–Kier alpha value is -1.33. The average Bonchev–Trinajstić information content (AvgIpc) is 2.87. The maximum atomic E-state index is 5.36. The summed E-state index contributed by atoms with van der Waals surface area (Å²) in [7, 11) is 0. The van der Waals surface area contributed by atoms with E-state index < -0.39 is 0 Å². The molecular formula is C15H19N3OS. The normalized spacial score (nSPS) is 19.1. The highest BCUT2D eigenvalue weighted by Crippen LogP contribution is 2.13. The molecule has 5 heteroatoms. The van der Waals surface area contributed by atoms with Crippen LogP contribution in [-0.4, -0.2) is 34.2 Å². The Morgan fingerprint density at radius 3 is 3.20 bits per heavy atom. The Balaban J connectivity index is 1.61. The summed E-state index contributed by atoms with van der Waals surface area (Å²) in [6, 6.07) is 8.88. The van der Waals surface area contributed by atoms with Gasteiger partial charge in [0.05, 0.1) is 0 Å². The van der Waals surface area contributed by atoms with Gasteiger partial charge in [0, 0.05) is 36.9 Å².